The highest BCUT2D eigenvalue weighted by Crippen LogP contribution is 2.30. The van der Waals surface area contributed by atoms with E-state index >= 15 is 0 Å². The minimum Gasteiger partial charge on any atom is -0.493 e. The molecule has 1 fully saturated rings. The Bertz CT molecular complexity index is 402. The lowest BCUT2D eigenvalue weighted by Gasteiger charge is -2.28. The number of aliphatic hydroxyl groups excluding tert-OH is 1. The van der Waals surface area contributed by atoms with E-state index in [1.807, 2.05) is 18.2 Å². The molecule has 106 valence electrons. The molecule has 1 N–H and O–H groups in total. The van der Waals surface area contributed by atoms with Gasteiger partial charge in [0.05, 0.1) is 20.3 Å². The number of methoxy groups -OCH3 is 2. The molecule has 0 unspecified atom stereocenters. The summed E-state index contributed by atoms with van der Waals surface area (Å²) in [7, 11) is 3.22. The van der Waals surface area contributed by atoms with Crippen molar-refractivity contribution < 1.29 is 14.6 Å². The topological polar surface area (TPSA) is 41.9 Å². The molecule has 1 aliphatic rings. The van der Waals surface area contributed by atoms with Gasteiger partial charge in [-0.2, -0.15) is 0 Å². The molecule has 0 bridgehead atoms. The van der Waals surface area contributed by atoms with Gasteiger partial charge in [-0.15, -0.1) is 0 Å². The van der Waals surface area contributed by atoms with Crippen LogP contribution in [0.15, 0.2) is 18.2 Å². The van der Waals surface area contributed by atoms with Gasteiger partial charge in [0.1, 0.15) is 0 Å². The molecule has 1 heterocycles. The number of hydrogen-bond acceptors (Lipinski definition) is 4. The molecule has 0 saturated carbocycles. The summed E-state index contributed by atoms with van der Waals surface area (Å²) in [5.74, 6) is 1.36. The van der Waals surface area contributed by atoms with Crippen molar-refractivity contribution in [3.63, 3.8) is 0 Å². The highest BCUT2D eigenvalue weighted by molar-refractivity contribution is 5.43. The van der Waals surface area contributed by atoms with Crippen LogP contribution in [0.4, 0.5) is 0 Å². The predicted molar refractivity (Wildman–Crippen MR) is 74.8 cm³/mol. The molecule has 0 spiro atoms. The van der Waals surface area contributed by atoms with Crippen molar-refractivity contribution in [1.82, 2.24) is 4.90 Å². The van der Waals surface area contributed by atoms with Crippen molar-refractivity contribution in [1.29, 1.82) is 0 Å². The van der Waals surface area contributed by atoms with Gasteiger partial charge in [-0.1, -0.05) is 12.5 Å². The normalized spacial score (nSPS) is 18.1. The van der Waals surface area contributed by atoms with Crippen LogP contribution < -0.4 is 9.47 Å². The average molecular weight is 265 g/mol. The third kappa shape index (κ3) is 3.61. The second kappa shape index (κ2) is 6.78. The van der Waals surface area contributed by atoms with Crippen LogP contribution >= 0.6 is 0 Å². The fourth-order valence-electron chi connectivity index (χ4n) is 2.55. The van der Waals surface area contributed by atoms with E-state index < -0.39 is 6.10 Å². The largest absolute Gasteiger partial charge is 0.493 e. The number of ether oxygens (including phenoxy) is 2. The van der Waals surface area contributed by atoms with Gasteiger partial charge in [0.2, 0.25) is 0 Å². The third-order valence-corrected chi connectivity index (χ3v) is 3.67. The first-order chi connectivity index (χ1) is 9.24. The summed E-state index contributed by atoms with van der Waals surface area (Å²) < 4.78 is 10.5. The number of piperidine rings is 1. The Labute approximate surface area is 114 Å². The molecule has 4 heteroatoms. The van der Waals surface area contributed by atoms with E-state index in [0.29, 0.717) is 18.0 Å². The van der Waals surface area contributed by atoms with E-state index in [4.69, 9.17) is 9.47 Å². The van der Waals surface area contributed by atoms with Gasteiger partial charge in [-0.25, -0.2) is 0 Å². The predicted octanol–water partition coefficient (Wildman–Crippen LogP) is 2.22. The Morgan fingerprint density at radius 3 is 2.42 bits per heavy atom. The lowest BCUT2D eigenvalue weighted by Crippen LogP contribution is -2.33. The first kappa shape index (κ1) is 14.2. The number of β-amino-alcohol motifs (C(OH)–C–C–N with tert-alkyl or cyclic N) is 1. The first-order valence-corrected chi connectivity index (χ1v) is 6.87. The van der Waals surface area contributed by atoms with E-state index in [1.165, 1.54) is 19.3 Å². The fraction of sp³-hybridized carbons (Fsp3) is 0.600. The van der Waals surface area contributed by atoms with Crippen LogP contribution in [0.1, 0.15) is 30.9 Å². The number of rotatable bonds is 5. The molecule has 0 aliphatic carbocycles. The van der Waals surface area contributed by atoms with Gasteiger partial charge in [-0.05, 0) is 43.6 Å². The number of nitrogens with zero attached hydrogens (tertiary/aromatic N) is 1. The second-order valence-electron chi connectivity index (χ2n) is 4.99. The van der Waals surface area contributed by atoms with Crippen LogP contribution in [0, 0.1) is 0 Å². The molecule has 1 aliphatic heterocycles. The molecule has 1 aromatic rings. The first-order valence-electron chi connectivity index (χ1n) is 6.87. The Morgan fingerprint density at radius 2 is 1.79 bits per heavy atom. The standard InChI is InChI=1S/C15H23NO3/c1-18-14-7-6-12(10-15(14)19-2)13(17)11-16-8-4-3-5-9-16/h6-7,10,13,17H,3-5,8-9,11H2,1-2H3/t13-/m0/s1. The van der Waals surface area contributed by atoms with Crippen LogP contribution in [0.5, 0.6) is 11.5 Å². The molecule has 4 nitrogen and oxygen atoms in total. The SMILES string of the molecule is COc1ccc([C@@H](O)CN2CCCCC2)cc1OC. The van der Waals surface area contributed by atoms with Crippen molar-refractivity contribution in [2.75, 3.05) is 33.9 Å². The van der Waals surface area contributed by atoms with Gasteiger partial charge < -0.3 is 19.5 Å². The van der Waals surface area contributed by atoms with Crippen molar-refractivity contribution >= 4 is 0 Å². The van der Waals surface area contributed by atoms with E-state index in [2.05, 4.69) is 4.90 Å². The minimum atomic E-state index is -0.474. The molecule has 0 amide bonds. The monoisotopic (exact) mass is 265 g/mol. The molecule has 2 rings (SSSR count). The number of likely N-dealkylation sites (tertiary alicyclic amines) is 1. The van der Waals surface area contributed by atoms with Crippen molar-refractivity contribution in [2.45, 2.75) is 25.4 Å². The second-order valence-corrected chi connectivity index (χ2v) is 4.99. The van der Waals surface area contributed by atoms with Crippen LogP contribution in [0.2, 0.25) is 0 Å². The average Bonchev–Trinajstić information content (AvgIpc) is 2.47. The minimum absolute atomic E-state index is 0.474. The van der Waals surface area contributed by atoms with Gasteiger partial charge in [-0.3, -0.25) is 0 Å². The maximum atomic E-state index is 10.3. The van der Waals surface area contributed by atoms with Crippen LogP contribution in [-0.2, 0) is 0 Å². The molecule has 19 heavy (non-hydrogen) atoms. The molecular formula is C15H23NO3. The van der Waals surface area contributed by atoms with Crippen LogP contribution in [-0.4, -0.2) is 43.9 Å². The maximum Gasteiger partial charge on any atom is 0.161 e. The van der Waals surface area contributed by atoms with Crippen molar-refractivity contribution in [3.8, 4) is 11.5 Å². The smallest absolute Gasteiger partial charge is 0.161 e. The molecule has 1 aromatic carbocycles. The number of benzene rings is 1. The maximum absolute atomic E-state index is 10.3. The Balaban J connectivity index is 2.03. The summed E-state index contributed by atoms with van der Waals surface area (Å²) in [5, 5.41) is 10.3. The lowest BCUT2D eigenvalue weighted by molar-refractivity contribution is 0.101. The summed E-state index contributed by atoms with van der Waals surface area (Å²) in [5.41, 5.74) is 0.878. The lowest BCUT2D eigenvalue weighted by atomic mass is 10.1. The zero-order valence-corrected chi connectivity index (χ0v) is 11.8. The summed E-state index contributed by atoms with van der Waals surface area (Å²) in [6, 6.07) is 5.59. The highest BCUT2D eigenvalue weighted by Gasteiger charge is 2.17. The fourth-order valence-corrected chi connectivity index (χ4v) is 2.55. The van der Waals surface area contributed by atoms with Crippen molar-refractivity contribution in [2.24, 2.45) is 0 Å². The third-order valence-electron chi connectivity index (χ3n) is 3.67. The molecule has 1 atom stereocenters. The van der Waals surface area contributed by atoms with Gasteiger partial charge in [0.15, 0.2) is 11.5 Å². The zero-order valence-electron chi connectivity index (χ0n) is 11.8. The molecule has 1 saturated heterocycles. The van der Waals surface area contributed by atoms with E-state index in [9.17, 15) is 5.11 Å². The number of hydrogen-bond donors (Lipinski definition) is 1. The summed E-state index contributed by atoms with van der Waals surface area (Å²) in [4.78, 5) is 2.32. The quantitative estimate of drug-likeness (QED) is 0.886. The van der Waals surface area contributed by atoms with Crippen LogP contribution in [0.3, 0.4) is 0 Å². The summed E-state index contributed by atoms with van der Waals surface area (Å²) in [6.45, 7) is 2.87. The van der Waals surface area contributed by atoms with Crippen LogP contribution in [0.25, 0.3) is 0 Å². The molecule has 0 radical (unpaired) electrons. The summed E-state index contributed by atoms with van der Waals surface area (Å²) in [6.07, 6.45) is 3.30. The number of aliphatic hydroxyl groups is 1. The Hall–Kier alpha value is -1.26. The van der Waals surface area contributed by atoms with Gasteiger partial charge in [0.25, 0.3) is 0 Å². The molecule has 0 aromatic heterocycles. The Kier molecular flexibility index (Phi) is 5.05. The van der Waals surface area contributed by atoms with Crippen molar-refractivity contribution in [3.05, 3.63) is 23.8 Å². The Morgan fingerprint density at radius 1 is 1.11 bits per heavy atom. The van der Waals surface area contributed by atoms with Gasteiger partial charge in [0, 0.05) is 6.54 Å². The zero-order chi connectivity index (χ0) is 13.7. The van der Waals surface area contributed by atoms with E-state index in [-0.39, 0.29) is 0 Å². The van der Waals surface area contributed by atoms with Gasteiger partial charge >= 0.3 is 0 Å². The molecular weight excluding hydrogens is 242 g/mol. The highest BCUT2D eigenvalue weighted by atomic mass is 16.5. The van der Waals surface area contributed by atoms with E-state index in [1.54, 1.807) is 14.2 Å². The summed E-state index contributed by atoms with van der Waals surface area (Å²) >= 11 is 0. The van der Waals surface area contributed by atoms with E-state index in [0.717, 1.165) is 18.7 Å².